The molecule has 0 aromatic heterocycles. The number of carbonyl (C=O) groups excluding carboxylic acids is 6. The molecule has 0 N–H and O–H groups in total. The molecule has 0 radical (unpaired) electrons. The smallest absolute Gasteiger partial charge is 0.277 e. The Hall–Kier alpha value is -8.39. The number of hydrogen-bond donors (Lipinski definition) is 0. The summed E-state index contributed by atoms with van der Waals surface area (Å²) in [4.78, 5) is 90.6. The third-order valence-electron chi connectivity index (χ3n) is 10.2. The standard InChI is InChI=1S/C10H10F4O.C9H7F5O.C9H8F4O.C9H11NO3.C8H13NO3.C7H11NO3.C7H9NO3/c1-4(2)15-10-8(13)6(11)5(3)7(12)9(10)14;1-3(2)15-9-7(13)5(11)4(10)6(12)8(9)14;1-4(2)14-9-7(12)5(10)3-6(11)8(9)13;1-7(2)13-9-5-3-8(4-6-9)10(11)12;1-5(2)12-9-7(10)4-6(3)8(9)11;2*1-5(2)11-8-6(9)3-4-7(8)10/h4H,1-3H3;3H,1-2H3;3-4H,1-2H3;3-7H,1-2H3;5-6H,4H2,1-3H3;5H,3-4H2,1-2H3;3-5H,1-2H3. The summed E-state index contributed by atoms with van der Waals surface area (Å²) in [5.74, 6) is -26.6. The molecule has 4 aromatic rings. The molecule has 0 aliphatic carbocycles. The Morgan fingerprint density at radius 3 is 1.07 bits per heavy atom. The molecular formula is C59H69F13N4O15. The van der Waals surface area contributed by atoms with Gasteiger partial charge in [0.2, 0.25) is 52.4 Å². The SMILES string of the molecule is CC(C)ON1C(=O)C=CC1=O.CC(C)ON1C(=O)CC(C)C1=O.CC(C)ON1C(=O)CCC1=O.CC(C)Oc1c(F)c(F)c(F)c(F)c1F.CC(C)Oc1c(F)c(F)cc(F)c1F.CC(C)Oc1ccc([N+](=O)[O-])cc1.Cc1c(F)c(F)c(OC(C)C)c(F)c1F. The first-order valence-electron chi connectivity index (χ1n) is 27.4. The zero-order valence-corrected chi connectivity index (χ0v) is 52.1. The van der Waals surface area contributed by atoms with E-state index in [2.05, 4.69) is 14.2 Å². The summed E-state index contributed by atoms with van der Waals surface area (Å²) in [6, 6.07) is 6.18. The second kappa shape index (κ2) is 37.1. The number of nitro benzene ring substituents is 1. The van der Waals surface area contributed by atoms with Gasteiger partial charge in [0.05, 0.1) is 47.7 Å². The van der Waals surface area contributed by atoms with Gasteiger partial charge >= 0.3 is 0 Å². The first-order chi connectivity index (χ1) is 42.0. The van der Waals surface area contributed by atoms with E-state index in [0.717, 1.165) is 22.1 Å². The first kappa shape index (κ1) is 80.6. The third-order valence-corrected chi connectivity index (χ3v) is 10.2. The molecule has 3 aliphatic heterocycles. The fourth-order valence-electron chi connectivity index (χ4n) is 6.46. The van der Waals surface area contributed by atoms with Crippen molar-refractivity contribution in [3.63, 3.8) is 0 Å². The van der Waals surface area contributed by atoms with Crippen molar-refractivity contribution in [2.24, 2.45) is 5.92 Å². The second-order valence-electron chi connectivity index (χ2n) is 20.8. The molecule has 506 valence electrons. The van der Waals surface area contributed by atoms with Crippen LogP contribution in [0.5, 0.6) is 23.0 Å². The Kier molecular flexibility index (Phi) is 32.8. The van der Waals surface area contributed by atoms with E-state index < -0.39 is 133 Å². The van der Waals surface area contributed by atoms with Crippen molar-refractivity contribution in [2.45, 2.75) is 173 Å². The lowest BCUT2D eigenvalue weighted by Gasteiger charge is -2.16. The van der Waals surface area contributed by atoms with Gasteiger partial charge in [-0.2, -0.15) is 36.5 Å². The Morgan fingerprint density at radius 1 is 0.429 bits per heavy atom. The minimum Gasteiger partial charge on any atom is -0.491 e. The molecule has 7 rings (SSSR count). The summed E-state index contributed by atoms with van der Waals surface area (Å²) >= 11 is 0. The van der Waals surface area contributed by atoms with E-state index >= 15 is 0 Å². The molecule has 32 heteroatoms. The predicted octanol–water partition coefficient (Wildman–Crippen LogP) is 13.4. The van der Waals surface area contributed by atoms with Crippen LogP contribution in [0.25, 0.3) is 0 Å². The van der Waals surface area contributed by atoms with Crippen molar-refractivity contribution in [3.05, 3.63) is 134 Å². The Bertz CT molecular complexity index is 3020. The molecule has 2 fully saturated rings. The molecule has 19 nitrogen and oxygen atoms in total. The number of ether oxygens (including phenoxy) is 4. The van der Waals surface area contributed by atoms with Crippen molar-refractivity contribution in [3.8, 4) is 23.0 Å². The largest absolute Gasteiger partial charge is 0.491 e. The Labute approximate surface area is 514 Å². The van der Waals surface area contributed by atoms with Gasteiger partial charge in [-0.1, -0.05) is 6.92 Å². The molecule has 6 amide bonds. The molecule has 0 bridgehead atoms. The molecule has 91 heavy (non-hydrogen) atoms. The molecule has 4 aromatic carbocycles. The van der Waals surface area contributed by atoms with Crippen molar-refractivity contribution >= 4 is 41.1 Å². The van der Waals surface area contributed by atoms with E-state index in [1.807, 2.05) is 13.8 Å². The second-order valence-corrected chi connectivity index (χ2v) is 20.8. The fraction of sp³-hybridized carbons (Fsp3) is 0.458. The highest BCUT2D eigenvalue weighted by molar-refractivity contribution is 6.11. The highest BCUT2D eigenvalue weighted by atomic mass is 19.2. The first-order valence-corrected chi connectivity index (χ1v) is 27.4. The predicted molar refractivity (Wildman–Crippen MR) is 296 cm³/mol. The van der Waals surface area contributed by atoms with Crippen LogP contribution in [0.15, 0.2) is 42.5 Å². The lowest BCUT2D eigenvalue weighted by Crippen LogP contribution is -2.33. The van der Waals surface area contributed by atoms with Crippen molar-refractivity contribution < 1.29 is 124 Å². The van der Waals surface area contributed by atoms with Crippen LogP contribution in [0.1, 0.15) is 129 Å². The maximum atomic E-state index is 13.2. The molecule has 2 saturated heterocycles. The van der Waals surface area contributed by atoms with Gasteiger partial charge in [-0.15, -0.1) is 5.06 Å². The fourth-order valence-corrected chi connectivity index (χ4v) is 6.46. The number of non-ortho nitro benzene ring substituents is 1. The topological polar surface area (TPSA) is 220 Å². The zero-order valence-electron chi connectivity index (χ0n) is 52.1. The Morgan fingerprint density at radius 2 is 0.747 bits per heavy atom. The number of nitrogens with zero attached hydrogens (tertiary/aromatic N) is 4. The highest BCUT2D eigenvalue weighted by Gasteiger charge is 2.37. The van der Waals surface area contributed by atoms with Gasteiger partial charge < -0.3 is 18.9 Å². The van der Waals surface area contributed by atoms with Crippen LogP contribution in [0.2, 0.25) is 0 Å². The van der Waals surface area contributed by atoms with E-state index in [1.165, 1.54) is 65.8 Å². The monoisotopic (exact) mass is 1320 g/mol. The summed E-state index contributed by atoms with van der Waals surface area (Å²) < 4.78 is 186. The molecule has 1 unspecified atom stereocenters. The maximum Gasteiger partial charge on any atom is 0.277 e. The number of benzene rings is 4. The normalized spacial score (nSPS) is 14.2. The quantitative estimate of drug-likeness (QED) is 0.0270. The van der Waals surface area contributed by atoms with E-state index in [-0.39, 0.29) is 85.0 Å². The Balaban J connectivity index is 0.000000532. The van der Waals surface area contributed by atoms with E-state index in [4.69, 9.17) is 19.2 Å². The van der Waals surface area contributed by atoms with E-state index in [0.29, 0.717) is 5.75 Å². The molecule has 0 spiro atoms. The minimum atomic E-state index is -2.19. The number of halogens is 13. The maximum absolute atomic E-state index is 13.2. The van der Waals surface area contributed by atoms with Crippen LogP contribution < -0.4 is 18.9 Å². The number of nitro groups is 1. The van der Waals surface area contributed by atoms with E-state index in [9.17, 15) is 96.0 Å². The number of amides is 6. The minimum absolute atomic E-state index is 0.0797. The van der Waals surface area contributed by atoms with Crippen molar-refractivity contribution in [2.75, 3.05) is 0 Å². The van der Waals surface area contributed by atoms with Gasteiger partial charge in [0, 0.05) is 61.1 Å². The van der Waals surface area contributed by atoms with Crippen molar-refractivity contribution in [1.82, 2.24) is 15.2 Å². The molecule has 0 saturated carbocycles. The number of hydroxylamine groups is 6. The van der Waals surface area contributed by atoms with Crippen LogP contribution in [0, 0.1) is 98.6 Å². The van der Waals surface area contributed by atoms with Crippen LogP contribution in [-0.4, -0.2) is 98.3 Å². The summed E-state index contributed by atoms with van der Waals surface area (Å²) in [6.07, 6.45) is 1.03. The molecular weight excluding hydrogens is 1250 g/mol. The molecule has 3 heterocycles. The van der Waals surface area contributed by atoms with Gasteiger partial charge in [0.1, 0.15) is 5.75 Å². The zero-order chi connectivity index (χ0) is 70.4. The number of imide groups is 3. The number of rotatable bonds is 15. The molecule has 1 atom stereocenters. The van der Waals surface area contributed by atoms with Crippen LogP contribution in [0.4, 0.5) is 62.8 Å². The highest BCUT2D eigenvalue weighted by Crippen LogP contribution is 2.32. The van der Waals surface area contributed by atoms with Gasteiger partial charge in [-0.05, 0) is 116 Å². The number of hydrogen-bond acceptors (Lipinski definition) is 15. The van der Waals surface area contributed by atoms with E-state index in [1.54, 1.807) is 60.6 Å². The summed E-state index contributed by atoms with van der Waals surface area (Å²) in [6.45, 7) is 25.9. The lowest BCUT2D eigenvalue weighted by molar-refractivity contribution is -0.384. The van der Waals surface area contributed by atoms with Gasteiger partial charge in [-0.25, -0.2) is 30.7 Å². The van der Waals surface area contributed by atoms with Gasteiger partial charge in [0.15, 0.2) is 40.5 Å². The van der Waals surface area contributed by atoms with Crippen LogP contribution in [0.3, 0.4) is 0 Å². The average molecular weight is 1320 g/mol. The van der Waals surface area contributed by atoms with Crippen LogP contribution >= 0.6 is 0 Å². The molecule has 3 aliphatic rings. The summed E-state index contributed by atoms with van der Waals surface area (Å²) in [7, 11) is 0. The van der Waals surface area contributed by atoms with Gasteiger partial charge in [-0.3, -0.25) is 53.4 Å². The average Bonchev–Trinajstić information content (AvgIpc) is 1.95. The lowest BCUT2D eigenvalue weighted by atomic mass is 10.1. The van der Waals surface area contributed by atoms with Crippen LogP contribution in [-0.2, 0) is 43.3 Å². The third kappa shape index (κ3) is 25.1. The van der Waals surface area contributed by atoms with Crippen molar-refractivity contribution in [1.29, 1.82) is 0 Å². The number of carbonyl (C=O) groups is 6. The van der Waals surface area contributed by atoms with Gasteiger partial charge in [0.25, 0.3) is 41.1 Å². The summed E-state index contributed by atoms with van der Waals surface area (Å²) in [5.41, 5.74) is -0.614. The summed E-state index contributed by atoms with van der Waals surface area (Å²) in [5, 5.41) is 12.8.